The molecular formula is C19H18N5O5S+. The van der Waals surface area contributed by atoms with Crippen molar-refractivity contribution in [3.63, 3.8) is 0 Å². The van der Waals surface area contributed by atoms with Gasteiger partial charge in [0, 0.05) is 29.8 Å². The summed E-state index contributed by atoms with van der Waals surface area (Å²) in [6.07, 6.45) is 0. The maximum Gasteiger partial charge on any atom is 0.318 e. The van der Waals surface area contributed by atoms with Crippen molar-refractivity contribution in [2.45, 2.75) is 11.7 Å². The fourth-order valence-electron chi connectivity index (χ4n) is 2.54. The predicted octanol–water partition coefficient (Wildman–Crippen LogP) is 2.55. The van der Waals surface area contributed by atoms with E-state index < -0.39 is 5.97 Å². The van der Waals surface area contributed by atoms with Gasteiger partial charge >= 0.3 is 11.7 Å². The first-order valence-corrected chi connectivity index (χ1v) is 9.71. The molecular weight excluding hydrogens is 410 g/mol. The van der Waals surface area contributed by atoms with Crippen LogP contribution in [-0.2, 0) is 16.2 Å². The first kappa shape index (κ1) is 21.0. The van der Waals surface area contributed by atoms with Crippen LogP contribution in [0.3, 0.4) is 0 Å². The van der Waals surface area contributed by atoms with E-state index in [-0.39, 0.29) is 38.8 Å². The van der Waals surface area contributed by atoms with Gasteiger partial charge in [0.15, 0.2) is 12.9 Å². The van der Waals surface area contributed by atoms with Crippen molar-refractivity contribution < 1.29 is 24.5 Å². The summed E-state index contributed by atoms with van der Waals surface area (Å²) in [4.78, 5) is 44.5. The third-order valence-corrected chi connectivity index (χ3v) is 4.75. The minimum atomic E-state index is -0.993. The number of carbonyl (C=O) groups excluding carboxylic acids is 1. The molecule has 0 saturated carbocycles. The Hall–Kier alpha value is -3.73. The highest BCUT2D eigenvalue weighted by molar-refractivity contribution is 7.99. The van der Waals surface area contributed by atoms with E-state index in [1.54, 1.807) is 6.07 Å². The minimum absolute atomic E-state index is 0.0935. The third-order valence-electron chi connectivity index (χ3n) is 3.92. The molecule has 1 aromatic heterocycles. The molecule has 0 radical (unpaired) electrons. The van der Waals surface area contributed by atoms with Crippen LogP contribution in [0.15, 0.2) is 53.7 Å². The molecule has 0 aliphatic heterocycles. The van der Waals surface area contributed by atoms with Crippen molar-refractivity contribution in [3.05, 3.63) is 64.6 Å². The lowest BCUT2D eigenvalue weighted by Crippen LogP contribution is -2.23. The van der Waals surface area contributed by atoms with E-state index >= 15 is 0 Å². The summed E-state index contributed by atoms with van der Waals surface area (Å²) in [6, 6.07) is 13.8. The average Bonchev–Trinajstić information content (AvgIpc) is 3.25. The molecule has 30 heavy (non-hydrogen) atoms. The van der Waals surface area contributed by atoms with Crippen LogP contribution in [0.25, 0.3) is 11.4 Å². The number of hydrogen-bond acceptors (Lipinski definition) is 7. The van der Waals surface area contributed by atoms with Gasteiger partial charge in [0.05, 0.1) is 10.7 Å². The number of carboxylic acid groups (broad SMARTS) is 1. The third kappa shape index (κ3) is 5.41. The quantitative estimate of drug-likeness (QED) is 0.349. The van der Waals surface area contributed by atoms with E-state index in [9.17, 15) is 14.5 Å². The summed E-state index contributed by atoms with van der Waals surface area (Å²) >= 11 is 0.946. The molecule has 3 aromatic rings. The Labute approximate surface area is 175 Å². The Kier molecular flexibility index (Phi) is 6.75. The molecule has 0 aliphatic rings. The van der Waals surface area contributed by atoms with Crippen LogP contribution in [0, 0.1) is 4.91 Å². The number of aliphatic carboxylic acids is 1. The molecule has 10 nitrogen and oxygen atoms in total. The Morgan fingerprint density at radius 3 is 2.70 bits per heavy atom. The van der Waals surface area contributed by atoms with Gasteiger partial charge < -0.3 is 10.4 Å². The van der Waals surface area contributed by atoms with Crippen molar-refractivity contribution in [1.29, 1.82) is 0 Å². The number of benzene rings is 2. The van der Waals surface area contributed by atoms with Gasteiger partial charge in [0.25, 0.3) is 10.8 Å². The van der Waals surface area contributed by atoms with Gasteiger partial charge in [-0.3, -0.25) is 14.7 Å². The van der Waals surface area contributed by atoms with Crippen molar-refractivity contribution in [2.75, 3.05) is 12.9 Å². The van der Waals surface area contributed by atoms with Gasteiger partial charge in [-0.2, -0.15) is 0 Å². The van der Waals surface area contributed by atoms with Crippen LogP contribution < -0.4 is 5.32 Å². The fraction of sp³-hybridized carbons (Fsp3) is 0.158. The number of carboxylic acids is 1. The second-order valence-electron chi connectivity index (χ2n) is 6.03. The first-order chi connectivity index (χ1) is 14.5. The molecule has 0 unspecified atom stereocenters. The van der Waals surface area contributed by atoms with Gasteiger partial charge in [-0.25, -0.2) is 9.82 Å². The number of nitrogens with one attached hydrogen (secondary N) is 2. The highest BCUT2D eigenvalue weighted by Gasteiger charge is 2.21. The molecule has 0 fully saturated rings. The Morgan fingerprint density at radius 1 is 1.23 bits per heavy atom. The largest absolute Gasteiger partial charge is 0.481 e. The molecule has 1 amide bonds. The maximum atomic E-state index is 12.7. The number of rotatable bonds is 9. The zero-order valence-electron chi connectivity index (χ0n) is 15.9. The first-order valence-electron chi connectivity index (χ1n) is 8.72. The molecule has 154 valence electrons. The van der Waals surface area contributed by atoms with Gasteiger partial charge in [-0.05, 0) is 11.6 Å². The molecule has 2 aromatic carbocycles. The lowest BCUT2D eigenvalue weighted by molar-refractivity contribution is -0.736. The van der Waals surface area contributed by atoms with Gasteiger partial charge in [0.2, 0.25) is 5.16 Å². The van der Waals surface area contributed by atoms with E-state index in [0.29, 0.717) is 12.1 Å². The average molecular weight is 428 g/mol. The highest BCUT2D eigenvalue weighted by Crippen LogP contribution is 2.25. The molecule has 3 N–H and O–H groups in total. The van der Waals surface area contributed by atoms with Gasteiger partial charge in [-0.15, -0.1) is 5.10 Å². The van der Waals surface area contributed by atoms with E-state index in [1.165, 1.54) is 19.2 Å². The monoisotopic (exact) mass is 428 g/mol. The molecule has 0 atom stereocenters. The van der Waals surface area contributed by atoms with Crippen molar-refractivity contribution in [1.82, 2.24) is 20.5 Å². The zero-order chi connectivity index (χ0) is 21.5. The molecule has 0 bridgehead atoms. The van der Waals surface area contributed by atoms with Crippen LogP contribution in [0.1, 0.15) is 15.9 Å². The number of nitrogens with zero attached hydrogens (tertiary/aromatic N) is 3. The van der Waals surface area contributed by atoms with Crippen molar-refractivity contribution >= 4 is 29.3 Å². The molecule has 3 rings (SSSR count). The van der Waals surface area contributed by atoms with Crippen LogP contribution in [-0.4, -0.2) is 50.0 Å². The summed E-state index contributed by atoms with van der Waals surface area (Å²) in [5.41, 5.74) is 1.67. The molecule has 0 aliphatic carbocycles. The van der Waals surface area contributed by atoms with Gasteiger partial charge in [-0.1, -0.05) is 42.1 Å². The van der Waals surface area contributed by atoms with Gasteiger partial charge in [0.1, 0.15) is 0 Å². The minimum Gasteiger partial charge on any atom is -0.481 e. The summed E-state index contributed by atoms with van der Waals surface area (Å²) in [5.74, 6) is -1.28. The zero-order valence-corrected chi connectivity index (χ0v) is 16.7. The van der Waals surface area contributed by atoms with E-state index in [2.05, 4.69) is 20.5 Å². The van der Waals surface area contributed by atoms with Crippen molar-refractivity contribution in [3.8, 4) is 11.4 Å². The fourth-order valence-corrected chi connectivity index (χ4v) is 3.06. The second kappa shape index (κ2) is 9.65. The number of thioether (sulfide) groups is 1. The van der Waals surface area contributed by atoms with E-state index in [0.717, 1.165) is 17.3 Å². The Bertz CT molecular complexity index is 1070. The SMILES string of the molecule is CO[N+](=O)c1cc(C(=O)NCc2ccccc2)cc(-c2nc(SCC(=O)O)n[nH]2)c1. The standard InChI is InChI=1S/C19H17N5O5S/c1-29-24(28)15-8-13(17-21-19(23-22-17)30-11-16(25)26)7-14(9-15)18(27)20-10-12-5-3-2-4-6-12/h2-9H,10-11H2,1H3,(H2-,20,21,22,23,25,26,27)/p+1. The molecule has 0 spiro atoms. The second-order valence-corrected chi connectivity index (χ2v) is 6.97. The number of aromatic nitrogens is 3. The van der Waals surface area contributed by atoms with Crippen LogP contribution in [0.2, 0.25) is 0 Å². The molecule has 1 heterocycles. The molecule has 0 saturated heterocycles. The van der Waals surface area contributed by atoms with Crippen LogP contribution in [0.5, 0.6) is 0 Å². The number of amides is 1. The van der Waals surface area contributed by atoms with Crippen LogP contribution in [0.4, 0.5) is 5.69 Å². The Balaban J connectivity index is 1.85. The normalized spacial score (nSPS) is 10.4. The Morgan fingerprint density at radius 2 is 2.00 bits per heavy atom. The topological polar surface area (TPSA) is 137 Å². The number of H-pyrrole nitrogens is 1. The summed E-state index contributed by atoms with van der Waals surface area (Å²) in [5, 5.41) is 18.4. The summed E-state index contributed by atoms with van der Waals surface area (Å²) in [6.45, 7) is 0.322. The van der Waals surface area contributed by atoms with Crippen LogP contribution >= 0.6 is 11.8 Å². The van der Waals surface area contributed by atoms with Crippen molar-refractivity contribution in [2.24, 2.45) is 0 Å². The lowest BCUT2D eigenvalue weighted by Gasteiger charge is -2.06. The molecule has 11 heteroatoms. The number of carbonyl (C=O) groups is 2. The summed E-state index contributed by atoms with van der Waals surface area (Å²) in [7, 11) is 1.21. The summed E-state index contributed by atoms with van der Waals surface area (Å²) < 4.78 is 0. The lowest BCUT2D eigenvalue weighted by atomic mass is 10.1. The number of hydrogen-bond donors (Lipinski definition) is 3. The van der Waals surface area contributed by atoms with E-state index in [4.69, 9.17) is 9.94 Å². The maximum absolute atomic E-state index is 12.7. The highest BCUT2D eigenvalue weighted by atomic mass is 32.2. The van der Waals surface area contributed by atoms with E-state index in [1.807, 2.05) is 30.3 Å². The smallest absolute Gasteiger partial charge is 0.318 e. The number of aromatic amines is 1. The predicted molar refractivity (Wildman–Crippen MR) is 108 cm³/mol.